The highest BCUT2D eigenvalue weighted by Gasteiger charge is 2.16. The summed E-state index contributed by atoms with van der Waals surface area (Å²) in [5.41, 5.74) is 0.713. The molecule has 0 atom stereocenters. The van der Waals surface area contributed by atoms with Gasteiger partial charge in [-0.2, -0.15) is 4.68 Å². The standard InChI is InChI=1S/C10H8N6O2S3/c1-21(17,18)8-6-12-10(19-8)20-9-13-14-15-16(9)7-3-2-4-11-5-7/h2-6H,1H3. The van der Waals surface area contributed by atoms with Crippen LogP contribution in [0, 0.1) is 0 Å². The molecule has 3 rings (SSSR count). The van der Waals surface area contributed by atoms with Crippen molar-refractivity contribution in [1.82, 2.24) is 30.2 Å². The second-order valence-corrected chi connectivity index (χ2v) is 8.39. The van der Waals surface area contributed by atoms with E-state index < -0.39 is 9.84 Å². The molecule has 0 bridgehead atoms. The number of pyridine rings is 1. The first-order chi connectivity index (χ1) is 10.0. The highest BCUT2D eigenvalue weighted by molar-refractivity contribution is 8.01. The summed E-state index contributed by atoms with van der Waals surface area (Å²) in [4.78, 5) is 8.08. The van der Waals surface area contributed by atoms with Crippen molar-refractivity contribution in [2.24, 2.45) is 0 Å². The Hall–Kier alpha value is -1.85. The van der Waals surface area contributed by atoms with Crippen LogP contribution < -0.4 is 0 Å². The fraction of sp³-hybridized carbons (Fsp3) is 0.100. The molecule has 0 saturated carbocycles. The van der Waals surface area contributed by atoms with Crippen molar-refractivity contribution in [3.05, 3.63) is 30.7 Å². The minimum atomic E-state index is -3.25. The van der Waals surface area contributed by atoms with Gasteiger partial charge < -0.3 is 0 Å². The molecule has 108 valence electrons. The Morgan fingerprint density at radius 3 is 2.86 bits per heavy atom. The lowest BCUT2D eigenvalue weighted by Gasteiger charge is -2.01. The average Bonchev–Trinajstić information content (AvgIpc) is 3.09. The predicted molar refractivity (Wildman–Crippen MR) is 76.3 cm³/mol. The minimum absolute atomic E-state index is 0.213. The van der Waals surface area contributed by atoms with Crippen molar-refractivity contribution in [3.8, 4) is 5.69 Å². The van der Waals surface area contributed by atoms with Gasteiger partial charge in [-0.1, -0.05) is 11.3 Å². The molecule has 3 heterocycles. The maximum absolute atomic E-state index is 11.4. The smallest absolute Gasteiger partial charge is 0.221 e. The van der Waals surface area contributed by atoms with Crippen LogP contribution in [0.2, 0.25) is 0 Å². The molecule has 0 unspecified atom stereocenters. The predicted octanol–water partition coefficient (Wildman–Crippen LogP) is 1.07. The molecule has 0 aliphatic rings. The fourth-order valence-corrected chi connectivity index (χ4v) is 4.28. The summed E-state index contributed by atoms with van der Waals surface area (Å²) in [6.07, 6.45) is 5.76. The van der Waals surface area contributed by atoms with Gasteiger partial charge in [-0.05, 0) is 34.3 Å². The molecule has 11 heteroatoms. The third-order valence-corrected chi connectivity index (χ3v) is 6.14. The number of tetrazole rings is 1. The number of sulfone groups is 1. The molecule has 0 saturated heterocycles. The highest BCUT2D eigenvalue weighted by atomic mass is 32.2. The normalized spacial score (nSPS) is 11.7. The molecule has 0 radical (unpaired) electrons. The molecule has 0 fully saturated rings. The second-order valence-electron chi connectivity index (χ2n) is 3.90. The Kier molecular flexibility index (Phi) is 3.69. The summed E-state index contributed by atoms with van der Waals surface area (Å²) < 4.78 is 25.2. The van der Waals surface area contributed by atoms with Crippen LogP contribution in [0.3, 0.4) is 0 Å². The molecule has 0 amide bonds. The quantitative estimate of drug-likeness (QED) is 0.694. The first-order valence-electron chi connectivity index (χ1n) is 5.56. The third-order valence-electron chi connectivity index (χ3n) is 2.34. The molecule has 0 aliphatic carbocycles. The zero-order valence-corrected chi connectivity index (χ0v) is 13.1. The van der Waals surface area contributed by atoms with Crippen LogP contribution in [-0.4, -0.2) is 44.8 Å². The van der Waals surface area contributed by atoms with Crippen molar-refractivity contribution >= 4 is 32.9 Å². The summed E-state index contributed by atoms with van der Waals surface area (Å²) in [5, 5.41) is 11.9. The summed E-state index contributed by atoms with van der Waals surface area (Å²) in [7, 11) is -3.25. The van der Waals surface area contributed by atoms with Crippen molar-refractivity contribution in [3.63, 3.8) is 0 Å². The molecule has 21 heavy (non-hydrogen) atoms. The van der Waals surface area contributed by atoms with Crippen molar-refractivity contribution < 1.29 is 8.42 Å². The monoisotopic (exact) mass is 340 g/mol. The van der Waals surface area contributed by atoms with Crippen LogP contribution in [0.1, 0.15) is 0 Å². The van der Waals surface area contributed by atoms with Crippen molar-refractivity contribution in [1.29, 1.82) is 0 Å². The van der Waals surface area contributed by atoms with Crippen LogP contribution in [0.5, 0.6) is 0 Å². The molecule has 0 aromatic carbocycles. The Labute approximate surface area is 128 Å². The van der Waals surface area contributed by atoms with Crippen LogP contribution in [0.15, 0.2) is 44.4 Å². The van der Waals surface area contributed by atoms with E-state index in [1.165, 1.54) is 22.6 Å². The van der Waals surface area contributed by atoms with Gasteiger partial charge in [-0.25, -0.2) is 13.4 Å². The van der Waals surface area contributed by atoms with Gasteiger partial charge in [0.15, 0.2) is 14.2 Å². The van der Waals surface area contributed by atoms with Crippen LogP contribution in [-0.2, 0) is 9.84 Å². The average molecular weight is 340 g/mol. The first-order valence-corrected chi connectivity index (χ1v) is 9.09. The summed E-state index contributed by atoms with van der Waals surface area (Å²) in [6, 6.07) is 3.59. The van der Waals surface area contributed by atoms with E-state index in [0.29, 0.717) is 15.2 Å². The van der Waals surface area contributed by atoms with Gasteiger partial charge in [-0.15, -0.1) is 5.10 Å². The van der Waals surface area contributed by atoms with Gasteiger partial charge >= 0.3 is 0 Å². The van der Waals surface area contributed by atoms with Crippen molar-refractivity contribution in [2.75, 3.05) is 6.26 Å². The summed E-state index contributed by atoms with van der Waals surface area (Å²) in [5.74, 6) is 0. The molecule has 0 aliphatic heterocycles. The van der Waals surface area contributed by atoms with E-state index in [2.05, 4.69) is 25.5 Å². The fourth-order valence-electron chi connectivity index (χ4n) is 1.42. The first kappa shape index (κ1) is 14.1. The van der Waals surface area contributed by atoms with Gasteiger partial charge in [0.25, 0.3) is 0 Å². The molecule has 8 nitrogen and oxygen atoms in total. The van der Waals surface area contributed by atoms with Crippen LogP contribution in [0.25, 0.3) is 5.69 Å². The Balaban J connectivity index is 1.90. The van der Waals surface area contributed by atoms with E-state index >= 15 is 0 Å². The van der Waals surface area contributed by atoms with E-state index in [-0.39, 0.29) is 4.21 Å². The van der Waals surface area contributed by atoms with E-state index in [1.807, 2.05) is 6.07 Å². The second kappa shape index (κ2) is 5.50. The number of thiazole rings is 1. The Morgan fingerprint density at radius 2 is 2.19 bits per heavy atom. The van der Waals surface area contributed by atoms with Gasteiger partial charge in [0.2, 0.25) is 5.16 Å². The molecule has 3 aromatic rings. The molecule has 0 spiro atoms. The van der Waals surface area contributed by atoms with E-state index in [1.54, 1.807) is 18.5 Å². The number of hydrogen-bond donors (Lipinski definition) is 0. The number of nitrogens with zero attached hydrogens (tertiary/aromatic N) is 6. The lowest BCUT2D eigenvalue weighted by atomic mass is 10.4. The number of rotatable bonds is 4. The molecular formula is C10H8N6O2S3. The lowest BCUT2D eigenvalue weighted by molar-refractivity contribution is 0.603. The highest BCUT2D eigenvalue weighted by Crippen LogP contribution is 2.32. The molecule has 0 N–H and O–H groups in total. The van der Waals surface area contributed by atoms with Gasteiger partial charge in [-0.3, -0.25) is 4.98 Å². The van der Waals surface area contributed by atoms with Gasteiger partial charge in [0.05, 0.1) is 18.1 Å². The van der Waals surface area contributed by atoms with Gasteiger partial charge in [0.1, 0.15) is 4.21 Å². The van der Waals surface area contributed by atoms with E-state index in [0.717, 1.165) is 17.6 Å². The van der Waals surface area contributed by atoms with E-state index in [4.69, 9.17) is 0 Å². The third kappa shape index (κ3) is 3.09. The summed E-state index contributed by atoms with van der Waals surface area (Å²) in [6.45, 7) is 0. The SMILES string of the molecule is CS(=O)(=O)c1cnc(Sc2nnnn2-c2cccnc2)s1. The summed E-state index contributed by atoms with van der Waals surface area (Å²) >= 11 is 2.28. The van der Waals surface area contributed by atoms with Crippen LogP contribution in [0.4, 0.5) is 0 Å². The minimum Gasteiger partial charge on any atom is -0.262 e. The zero-order chi connectivity index (χ0) is 14.9. The van der Waals surface area contributed by atoms with Crippen LogP contribution >= 0.6 is 23.1 Å². The van der Waals surface area contributed by atoms with E-state index in [9.17, 15) is 8.42 Å². The number of hydrogen-bond acceptors (Lipinski definition) is 9. The maximum atomic E-state index is 11.4. The van der Waals surface area contributed by atoms with Crippen molar-refractivity contribution in [2.45, 2.75) is 13.7 Å². The number of aromatic nitrogens is 6. The Morgan fingerprint density at radius 1 is 1.33 bits per heavy atom. The molecule has 3 aromatic heterocycles. The topological polar surface area (TPSA) is 104 Å². The molecular weight excluding hydrogens is 332 g/mol. The zero-order valence-electron chi connectivity index (χ0n) is 10.6. The maximum Gasteiger partial charge on any atom is 0.221 e. The van der Waals surface area contributed by atoms with Gasteiger partial charge in [0, 0.05) is 12.5 Å². The lowest BCUT2D eigenvalue weighted by Crippen LogP contribution is -1.98. The Bertz CT molecular complexity index is 858. The largest absolute Gasteiger partial charge is 0.262 e.